The van der Waals surface area contributed by atoms with Crippen LogP contribution < -0.4 is 0 Å². The van der Waals surface area contributed by atoms with Gasteiger partial charge in [-0.1, -0.05) is 48.0 Å². The molecule has 22 heavy (non-hydrogen) atoms. The van der Waals surface area contributed by atoms with Gasteiger partial charge in [-0.05, 0) is 61.8 Å². The van der Waals surface area contributed by atoms with E-state index in [9.17, 15) is 0 Å². The van der Waals surface area contributed by atoms with Crippen molar-refractivity contribution in [2.24, 2.45) is 5.92 Å². The molecule has 0 bridgehead atoms. The first kappa shape index (κ1) is 18.5. The Bertz CT molecular complexity index is 347. The fourth-order valence-corrected chi connectivity index (χ4v) is 11.1. The third kappa shape index (κ3) is 3.18. The van der Waals surface area contributed by atoms with Crippen LogP contribution in [0.15, 0.2) is 0 Å². The van der Waals surface area contributed by atoms with Crippen molar-refractivity contribution in [3.63, 3.8) is 0 Å². The predicted octanol–water partition coefficient (Wildman–Crippen LogP) is 5.44. The number of nitrogens with zero attached hydrogens (tertiary/aromatic N) is 1. The molecular formula is C19H39NOSi. The van der Waals surface area contributed by atoms with Crippen LogP contribution in [-0.4, -0.2) is 39.0 Å². The van der Waals surface area contributed by atoms with Gasteiger partial charge in [0.15, 0.2) is 8.32 Å². The minimum absolute atomic E-state index is 0.569. The summed E-state index contributed by atoms with van der Waals surface area (Å²) in [6, 6.07) is 0. The van der Waals surface area contributed by atoms with Crippen molar-refractivity contribution < 1.29 is 4.43 Å². The Morgan fingerprint density at radius 1 is 1.05 bits per heavy atom. The molecule has 2 nitrogen and oxygen atoms in total. The van der Waals surface area contributed by atoms with Crippen molar-refractivity contribution in [1.29, 1.82) is 0 Å². The standard InChI is InChI=1S/C19H39NOSi/c1-15(2)22(16(3)4,17(5)6)21-13-10-18-14-19(18)11-8-9-12-20(19)7/h15-18H,8-14H2,1-7H3. The van der Waals surface area contributed by atoms with Gasteiger partial charge in [-0.25, -0.2) is 0 Å². The molecular weight excluding hydrogens is 286 g/mol. The first-order chi connectivity index (χ1) is 10.3. The van der Waals surface area contributed by atoms with Gasteiger partial charge < -0.3 is 9.33 Å². The average molecular weight is 326 g/mol. The lowest BCUT2D eigenvalue weighted by molar-refractivity contribution is 0.142. The zero-order chi connectivity index (χ0) is 16.5. The third-order valence-electron chi connectivity index (χ3n) is 6.84. The van der Waals surface area contributed by atoms with Crippen molar-refractivity contribution in [1.82, 2.24) is 4.90 Å². The Labute approximate surface area is 140 Å². The molecule has 2 aliphatic rings. The van der Waals surface area contributed by atoms with Crippen molar-refractivity contribution in [3.05, 3.63) is 0 Å². The molecule has 2 rings (SSSR count). The van der Waals surface area contributed by atoms with Crippen LogP contribution in [0.25, 0.3) is 0 Å². The van der Waals surface area contributed by atoms with Crippen LogP contribution in [0.1, 0.15) is 73.6 Å². The maximum atomic E-state index is 6.75. The van der Waals surface area contributed by atoms with Crippen molar-refractivity contribution in [2.45, 2.75) is 95.8 Å². The van der Waals surface area contributed by atoms with Crippen LogP contribution in [0, 0.1) is 5.92 Å². The molecule has 2 fully saturated rings. The van der Waals surface area contributed by atoms with Crippen LogP contribution in [-0.2, 0) is 4.43 Å². The fourth-order valence-electron chi connectivity index (χ4n) is 5.58. The zero-order valence-electron chi connectivity index (χ0n) is 16.1. The molecule has 1 saturated heterocycles. The highest BCUT2D eigenvalue weighted by molar-refractivity contribution is 6.77. The predicted molar refractivity (Wildman–Crippen MR) is 98.9 cm³/mol. The van der Waals surface area contributed by atoms with Crippen molar-refractivity contribution in [2.75, 3.05) is 20.2 Å². The van der Waals surface area contributed by atoms with Gasteiger partial charge in [0.25, 0.3) is 0 Å². The Balaban J connectivity index is 1.89. The average Bonchev–Trinajstić information content (AvgIpc) is 3.11. The highest BCUT2D eigenvalue weighted by atomic mass is 28.4. The molecule has 0 radical (unpaired) electrons. The number of hydrogen-bond donors (Lipinski definition) is 0. The van der Waals surface area contributed by atoms with Gasteiger partial charge in [-0.15, -0.1) is 0 Å². The number of likely N-dealkylation sites (tertiary alicyclic amines) is 1. The van der Waals surface area contributed by atoms with E-state index in [1.165, 1.54) is 38.6 Å². The van der Waals surface area contributed by atoms with Crippen molar-refractivity contribution in [3.8, 4) is 0 Å². The van der Waals surface area contributed by atoms with Gasteiger partial charge in [0, 0.05) is 12.1 Å². The summed E-state index contributed by atoms with van der Waals surface area (Å²) in [5, 5.41) is 0. The van der Waals surface area contributed by atoms with E-state index in [0.29, 0.717) is 22.2 Å². The Morgan fingerprint density at radius 3 is 2.14 bits per heavy atom. The molecule has 3 heteroatoms. The number of rotatable bonds is 7. The largest absolute Gasteiger partial charge is 0.416 e. The zero-order valence-corrected chi connectivity index (χ0v) is 17.1. The van der Waals surface area contributed by atoms with Gasteiger partial charge in [0.05, 0.1) is 0 Å². The van der Waals surface area contributed by atoms with E-state index in [2.05, 4.69) is 53.5 Å². The highest BCUT2D eigenvalue weighted by Gasteiger charge is 2.56. The van der Waals surface area contributed by atoms with Crippen LogP contribution in [0.5, 0.6) is 0 Å². The molecule has 0 aromatic heterocycles. The lowest BCUT2D eigenvalue weighted by atomic mass is 9.97. The molecule has 0 aromatic rings. The van der Waals surface area contributed by atoms with E-state index in [0.717, 1.165) is 12.5 Å². The smallest absolute Gasteiger partial charge is 0.200 e. The quantitative estimate of drug-likeness (QED) is 0.578. The SMILES string of the molecule is CC(C)[Si](OCCC1CC12CCCCN2C)(C(C)C)C(C)C. The molecule has 0 aromatic carbocycles. The maximum absolute atomic E-state index is 6.75. The van der Waals surface area contributed by atoms with Gasteiger partial charge in [-0.2, -0.15) is 0 Å². The first-order valence-electron chi connectivity index (χ1n) is 9.62. The third-order valence-corrected chi connectivity index (χ3v) is 13.0. The Morgan fingerprint density at radius 2 is 1.64 bits per heavy atom. The molecule has 2 atom stereocenters. The van der Waals surface area contributed by atoms with Crippen LogP contribution >= 0.6 is 0 Å². The van der Waals surface area contributed by atoms with E-state index >= 15 is 0 Å². The monoisotopic (exact) mass is 325 g/mol. The Kier molecular flexibility index (Phi) is 5.83. The summed E-state index contributed by atoms with van der Waals surface area (Å²) in [4.78, 5) is 2.65. The lowest BCUT2D eigenvalue weighted by Gasteiger charge is -2.42. The van der Waals surface area contributed by atoms with Crippen LogP contribution in [0.3, 0.4) is 0 Å². The van der Waals surface area contributed by atoms with E-state index < -0.39 is 8.32 Å². The van der Waals surface area contributed by atoms with Gasteiger partial charge in [0.1, 0.15) is 0 Å². The van der Waals surface area contributed by atoms with Gasteiger partial charge >= 0.3 is 0 Å². The highest BCUT2D eigenvalue weighted by Crippen LogP contribution is 2.55. The van der Waals surface area contributed by atoms with E-state index in [1.54, 1.807) is 0 Å². The van der Waals surface area contributed by atoms with Gasteiger partial charge in [0.2, 0.25) is 0 Å². The fraction of sp³-hybridized carbons (Fsp3) is 1.00. The maximum Gasteiger partial charge on any atom is 0.200 e. The van der Waals surface area contributed by atoms with Crippen molar-refractivity contribution >= 4 is 8.32 Å². The summed E-state index contributed by atoms with van der Waals surface area (Å²) in [6.45, 7) is 16.6. The lowest BCUT2D eigenvalue weighted by Crippen LogP contribution is -2.48. The molecule has 1 aliphatic carbocycles. The minimum Gasteiger partial charge on any atom is -0.416 e. The second-order valence-corrected chi connectivity index (χ2v) is 14.3. The molecule has 0 amide bonds. The summed E-state index contributed by atoms with van der Waals surface area (Å²) in [5.41, 5.74) is 2.69. The summed E-state index contributed by atoms with van der Waals surface area (Å²) >= 11 is 0. The topological polar surface area (TPSA) is 12.5 Å². The normalized spacial score (nSPS) is 30.0. The Hall–Kier alpha value is 0.137. The second-order valence-electron chi connectivity index (χ2n) is 8.84. The summed E-state index contributed by atoms with van der Waals surface area (Å²) in [6.07, 6.45) is 6.96. The van der Waals surface area contributed by atoms with E-state index in [4.69, 9.17) is 4.43 Å². The molecule has 0 N–H and O–H groups in total. The summed E-state index contributed by atoms with van der Waals surface area (Å²) in [7, 11) is 0.684. The van der Waals surface area contributed by atoms with Crippen LogP contribution in [0.4, 0.5) is 0 Å². The number of piperidine rings is 1. The van der Waals surface area contributed by atoms with E-state index in [1.807, 2.05) is 0 Å². The molecule has 1 saturated carbocycles. The summed E-state index contributed by atoms with van der Waals surface area (Å²) in [5.74, 6) is 0.899. The van der Waals surface area contributed by atoms with E-state index in [-0.39, 0.29) is 0 Å². The molecule has 130 valence electrons. The molecule has 1 aliphatic heterocycles. The number of hydrogen-bond acceptors (Lipinski definition) is 2. The summed E-state index contributed by atoms with van der Waals surface area (Å²) < 4.78 is 6.75. The second kappa shape index (κ2) is 6.94. The first-order valence-corrected chi connectivity index (χ1v) is 11.8. The molecule has 2 unspecified atom stereocenters. The van der Waals surface area contributed by atoms with Crippen LogP contribution in [0.2, 0.25) is 16.6 Å². The molecule has 1 spiro atoms. The van der Waals surface area contributed by atoms with Gasteiger partial charge in [-0.3, -0.25) is 0 Å². The minimum atomic E-state index is -1.66. The molecule has 1 heterocycles.